The second-order valence-corrected chi connectivity index (χ2v) is 4.94. The SMILES string of the molecule is O=C(c1ccc(I)c(Cl)c1)N(CCO)CCO. The number of carbonyl (C=O) groups excluding carboxylic acids is 1. The molecule has 1 aromatic carbocycles. The fraction of sp³-hybridized carbons (Fsp3) is 0.364. The summed E-state index contributed by atoms with van der Waals surface area (Å²) in [6.07, 6.45) is 0. The summed E-state index contributed by atoms with van der Waals surface area (Å²) in [5.74, 6) is -0.244. The number of hydrogen-bond acceptors (Lipinski definition) is 3. The van der Waals surface area contributed by atoms with Crippen molar-refractivity contribution in [3.05, 3.63) is 32.4 Å². The van der Waals surface area contributed by atoms with Gasteiger partial charge >= 0.3 is 0 Å². The van der Waals surface area contributed by atoms with Gasteiger partial charge in [-0.15, -0.1) is 0 Å². The number of nitrogens with zero attached hydrogens (tertiary/aromatic N) is 1. The lowest BCUT2D eigenvalue weighted by Crippen LogP contribution is -2.35. The summed E-state index contributed by atoms with van der Waals surface area (Å²) < 4.78 is 0.872. The first-order valence-corrected chi connectivity index (χ1v) is 6.52. The zero-order valence-electron chi connectivity index (χ0n) is 9.07. The number of halogens is 2. The molecule has 0 heterocycles. The Morgan fingerprint density at radius 3 is 2.35 bits per heavy atom. The van der Waals surface area contributed by atoms with Crippen LogP contribution in [0.3, 0.4) is 0 Å². The summed E-state index contributed by atoms with van der Waals surface area (Å²) in [5.41, 5.74) is 0.456. The Morgan fingerprint density at radius 2 is 1.88 bits per heavy atom. The van der Waals surface area contributed by atoms with Gasteiger partial charge in [0.25, 0.3) is 5.91 Å². The second kappa shape index (κ2) is 7.15. The topological polar surface area (TPSA) is 60.8 Å². The third-order valence-electron chi connectivity index (χ3n) is 2.19. The third-order valence-corrected chi connectivity index (χ3v) is 3.77. The minimum absolute atomic E-state index is 0.135. The van der Waals surface area contributed by atoms with E-state index in [-0.39, 0.29) is 32.2 Å². The summed E-state index contributed by atoms with van der Waals surface area (Å²) in [6, 6.07) is 5.03. The summed E-state index contributed by atoms with van der Waals surface area (Å²) in [4.78, 5) is 13.4. The molecule has 1 rings (SSSR count). The van der Waals surface area contributed by atoms with Gasteiger partial charge in [0.1, 0.15) is 0 Å². The number of carbonyl (C=O) groups is 1. The van der Waals surface area contributed by atoms with Crippen molar-refractivity contribution in [3.8, 4) is 0 Å². The van der Waals surface area contributed by atoms with E-state index in [1.165, 1.54) is 4.90 Å². The van der Waals surface area contributed by atoms with Crippen LogP contribution < -0.4 is 0 Å². The minimum Gasteiger partial charge on any atom is -0.395 e. The smallest absolute Gasteiger partial charge is 0.254 e. The fourth-order valence-electron chi connectivity index (χ4n) is 1.37. The standard InChI is InChI=1S/C11H13ClINO3/c12-9-7-8(1-2-10(9)13)11(17)14(3-5-15)4-6-16/h1-2,7,15-16H,3-6H2. The molecule has 0 spiro atoms. The van der Waals surface area contributed by atoms with Crippen LogP contribution in [0.2, 0.25) is 5.02 Å². The maximum absolute atomic E-state index is 12.0. The Kier molecular flexibility index (Phi) is 6.18. The van der Waals surface area contributed by atoms with E-state index in [9.17, 15) is 4.79 Å². The number of amides is 1. The van der Waals surface area contributed by atoms with E-state index in [1.54, 1.807) is 18.2 Å². The lowest BCUT2D eigenvalue weighted by molar-refractivity contribution is 0.0685. The van der Waals surface area contributed by atoms with E-state index in [2.05, 4.69) is 22.6 Å². The molecule has 0 atom stereocenters. The molecule has 1 aromatic rings. The predicted octanol–water partition coefficient (Wildman–Crippen LogP) is 1.37. The molecule has 0 fully saturated rings. The fourth-order valence-corrected chi connectivity index (χ4v) is 1.88. The summed E-state index contributed by atoms with van der Waals surface area (Å²) in [5, 5.41) is 18.2. The average molecular weight is 370 g/mol. The van der Waals surface area contributed by atoms with Crippen molar-refractivity contribution in [2.24, 2.45) is 0 Å². The zero-order valence-corrected chi connectivity index (χ0v) is 12.0. The minimum atomic E-state index is -0.244. The summed E-state index contributed by atoms with van der Waals surface area (Å²) in [6.45, 7) is 0.125. The number of hydrogen-bond donors (Lipinski definition) is 2. The molecule has 0 saturated carbocycles. The highest BCUT2D eigenvalue weighted by molar-refractivity contribution is 14.1. The molecule has 6 heteroatoms. The molecule has 0 aromatic heterocycles. The van der Waals surface area contributed by atoms with Gasteiger partial charge in [0, 0.05) is 22.2 Å². The molecular weight excluding hydrogens is 356 g/mol. The van der Waals surface area contributed by atoms with Gasteiger partial charge in [-0.1, -0.05) is 11.6 Å². The van der Waals surface area contributed by atoms with Crippen molar-refractivity contribution < 1.29 is 15.0 Å². The first-order chi connectivity index (χ1) is 8.10. The van der Waals surface area contributed by atoms with Gasteiger partial charge in [-0.25, -0.2) is 0 Å². The monoisotopic (exact) mass is 369 g/mol. The normalized spacial score (nSPS) is 10.4. The Morgan fingerprint density at radius 1 is 1.29 bits per heavy atom. The summed E-state index contributed by atoms with van der Waals surface area (Å²) in [7, 11) is 0. The molecule has 0 aliphatic rings. The van der Waals surface area contributed by atoms with Crippen molar-refractivity contribution in [2.45, 2.75) is 0 Å². The van der Waals surface area contributed by atoms with Crippen molar-refractivity contribution in [1.82, 2.24) is 4.90 Å². The molecular formula is C11H13ClINO3. The molecule has 17 heavy (non-hydrogen) atoms. The lowest BCUT2D eigenvalue weighted by Gasteiger charge is -2.20. The van der Waals surface area contributed by atoms with Crippen LogP contribution in [0.15, 0.2) is 18.2 Å². The molecule has 0 radical (unpaired) electrons. The highest BCUT2D eigenvalue weighted by atomic mass is 127. The van der Waals surface area contributed by atoms with Crippen LogP contribution >= 0.6 is 34.2 Å². The van der Waals surface area contributed by atoms with Gasteiger partial charge in [0.05, 0.1) is 18.2 Å². The Labute approximate surface area is 118 Å². The lowest BCUT2D eigenvalue weighted by atomic mass is 10.2. The van der Waals surface area contributed by atoms with Crippen molar-refractivity contribution in [3.63, 3.8) is 0 Å². The molecule has 0 saturated heterocycles. The van der Waals surface area contributed by atoms with Gasteiger partial charge in [-0.2, -0.15) is 0 Å². The molecule has 1 amide bonds. The van der Waals surface area contributed by atoms with E-state index in [0.717, 1.165) is 3.57 Å². The van der Waals surface area contributed by atoms with E-state index in [1.807, 2.05) is 0 Å². The first-order valence-electron chi connectivity index (χ1n) is 5.06. The molecule has 0 unspecified atom stereocenters. The van der Waals surface area contributed by atoms with Crippen LogP contribution in [-0.2, 0) is 0 Å². The predicted molar refractivity (Wildman–Crippen MR) is 74.2 cm³/mol. The average Bonchev–Trinajstić information content (AvgIpc) is 2.31. The molecule has 0 bridgehead atoms. The number of aliphatic hydroxyl groups excluding tert-OH is 2. The Hall–Kier alpha value is -0.370. The zero-order chi connectivity index (χ0) is 12.8. The Balaban J connectivity index is 2.88. The molecule has 4 nitrogen and oxygen atoms in total. The molecule has 94 valence electrons. The van der Waals surface area contributed by atoms with Crippen LogP contribution in [0.25, 0.3) is 0 Å². The third kappa shape index (κ3) is 4.09. The van der Waals surface area contributed by atoms with E-state index in [0.29, 0.717) is 10.6 Å². The van der Waals surface area contributed by atoms with Crippen LogP contribution in [0.5, 0.6) is 0 Å². The maximum atomic E-state index is 12.0. The van der Waals surface area contributed by atoms with Gasteiger partial charge in [0.2, 0.25) is 0 Å². The van der Waals surface area contributed by atoms with Crippen molar-refractivity contribution in [2.75, 3.05) is 26.3 Å². The van der Waals surface area contributed by atoms with Crippen LogP contribution in [-0.4, -0.2) is 47.3 Å². The largest absolute Gasteiger partial charge is 0.395 e. The van der Waals surface area contributed by atoms with Gasteiger partial charge in [-0.3, -0.25) is 4.79 Å². The molecule has 0 aliphatic carbocycles. The van der Waals surface area contributed by atoms with Crippen molar-refractivity contribution >= 4 is 40.1 Å². The Bertz CT molecular complexity index is 394. The molecule has 0 aliphatic heterocycles. The number of aliphatic hydroxyl groups is 2. The quantitative estimate of drug-likeness (QED) is 0.771. The van der Waals surface area contributed by atoms with Gasteiger partial charge < -0.3 is 15.1 Å². The van der Waals surface area contributed by atoms with E-state index in [4.69, 9.17) is 21.8 Å². The van der Waals surface area contributed by atoms with Crippen molar-refractivity contribution in [1.29, 1.82) is 0 Å². The van der Waals surface area contributed by atoms with Gasteiger partial charge in [-0.05, 0) is 40.8 Å². The van der Waals surface area contributed by atoms with Crippen LogP contribution in [0, 0.1) is 3.57 Å². The highest BCUT2D eigenvalue weighted by Gasteiger charge is 2.15. The van der Waals surface area contributed by atoms with Crippen LogP contribution in [0.1, 0.15) is 10.4 Å². The number of rotatable bonds is 5. The molecule has 2 N–H and O–H groups in total. The maximum Gasteiger partial charge on any atom is 0.254 e. The van der Waals surface area contributed by atoms with E-state index >= 15 is 0 Å². The first kappa shape index (κ1) is 14.7. The van der Waals surface area contributed by atoms with Gasteiger partial charge in [0.15, 0.2) is 0 Å². The second-order valence-electron chi connectivity index (χ2n) is 3.37. The number of benzene rings is 1. The van der Waals surface area contributed by atoms with Crippen LogP contribution in [0.4, 0.5) is 0 Å². The summed E-state index contributed by atoms with van der Waals surface area (Å²) >= 11 is 8.02. The van der Waals surface area contributed by atoms with E-state index < -0.39 is 0 Å². The highest BCUT2D eigenvalue weighted by Crippen LogP contribution is 2.20.